The van der Waals surface area contributed by atoms with Crippen molar-refractivity contribution in [2.24, 2.45) is 0 Å². The number of hydrogen-bond donors (Lipinski definition) is 1. The summed E-state index contributed by atoms with van der Waals surface area (Å²) in [6.45, 7) is 11.6. The summed E-state index contributed by atoms with van der Waals surface area (Å²) in [6, 6.07) is 8.22. The molecule has 4 nitrogen and oxygen atoms in total. The first kappa shape index (κ1) is 16.7. The third-order valence-electron chi connectivity index (χ3n) is 3.85. The van der Waals surface area contributed by atoms with Crippen molar-refractivity contribution in [1.29, 1.82) is 0 Å². The van der Waals surface area contributed by atoms with Crippen LogP contribution < -0.4 is 5.32 Å². The molecule has 1 aromatic carbocycles. The molecule has 0 aliphatic rings. The number of hydrogen-bond acceptors (Lipinski definition) is 4. The van der Waals surface area contributed by atoms with Crippen molar-refractivity contribution in [3.63, 3.8) is 0 Å². The van der Waals surface area contributed by atoms with Crippen molar-refractivity contribution < 1.29 is 4.42 Å². The lowest BCUT2D eigenvalue weighted by Crippen LogP contribution is -2.27. The maximum atomic E-state index is 5.58. The van der Waals surface area contributed by atoms with Crippen molar-refractivity contribution in [1.82, 2.24) is 15.2 Å². The molecule has 0 spiro atoms. The molecule has 1 N–H and O–H groups in total. The van der Waals surface area contributed by atoms with E-state index in [4.69, 9.17) is 4.42 Å². The van der Waals surface area contributed by atoms with Gasteiger partial charge in [-0.05, 0) is 51.7 Å². The lowest BCUT2D eigenvalue weighted by molar-refractivity contribution is 0.298. The van der Waals surface area contributed by atoms with Crippen LogP contribution in [0.1, 0.15) is 31.5 Å². The van der Waals surface area contributed by atoms with E-state index in [1.165, 1.54) is 5.56 Å². The normalized spacial score (nSPS) is 11.3. The number of nitrogens with one attached hydrogen (secondary N) is 1. The molecule has 0 atom stereocenters. The first-order valence-electron chi connectivity index (χ1n) is 8.17. The fourth-order valence-corrected chi connectivity index (χ4v) is 2.48. The van der Waals surface area contributed by atoms with Gasteiger partial charge in [0.15, 0.2) is 0 Å². The van der Waals surface area contributed by atoms with Crippen LogP contribution in [0.3, 0.4) is 0 Å². The Morgan fingerprint density at radius 3 is 2.77 bits per heavy atom. The lowest BCUT2D eigenvalue weighted by Gasteiger charge is -2.17. The van der Waals surface area contributed by atoms with Crippen LogP contribution >= 0.6 is 0 Å². The highest BCUT2D eigenvalue weighted by atomic mass is 16.3. The van der Waals surface area contributed by atoms with Crippen LogP contribution in [0.15, 0.2) is 34.9 Å². The Labute approximate surface area is 133 Å². The van der Waals surface area contributed by atoms with Gasteiger partial charge in [0.25, 0.3) is 0 Å². The molecule has 0 amide bonds. The predicted octanol–water partition coefficient (Wildman–Crippen LogP) is 3.47. The first-order valence-corrected chi connectivity index (χ1v) is 8.17. The van der Waals surface area contributed by atoms with Crippen LogP contribution in [0.5, 0.6) is 0 Å². The highest BCUT2D eigenvalue weighted by Crippen LogP contribution is 2.19. The average molecular weight is 301 g/mol. The van der Waals surface area contributed by atoms with Gasteiger partial charge in [0.1, 0.15) is 6.26 Å². The number of oxazole rings is 1. The van der Waals surface area contributed by atoms with Gasteiger partial charge >= 0.3 is 0 Å². The summed E-state index contributed by atoms with van der Waals surface area (Å²) in [4.78, 5) is 6.99. The standard InChI is InChI=1S/C18H27N3O/c1-4-21(5-2)11-7-10-19-13-17-14-22-18(20-17)16-9-6-8-15(3)12-16/h6,8-9,12,14,19H,4-5,7,10-11,13H2,1-3H3. The van der Waals surface area contributed by atoms with E-state index in [9.17, 15) is 0 Å². The molecular weight excluding hydrogens is 274 g/mol. The number of rotatable bonds is 9. The van der Waals surface area contributed by atoms with E-state index in [1.54, 1.807) is 6.26 Å². The fraction of sp³-hybridized carbons (Fsp3) is 0.500. The molecule has 1 aromatic heterocycles. The van der Waals surface area contributed by atoms with Crippen LogP contribution in [0, 0.1) is 6.92 Å². The van der Waals surface area contributed by atoms with Crippen LogP contribution in [0.25, 0.3) is 11.5 Å². The van der Waals surface area contributed by atoms with E-state index in [2.05, 4.69) is 48.1 Å². The summed E-state index contributed by atoms with van der Waals surface area (Å²) in [6.07, 6.45) is 2.90. The molecule has 0 unspecified atom stereocenters. The van der Waals surface area contributed by atoms with E-state index in [0.717, 1.165) is 50.4 Å². The maximum absolute atomic E-state index is 5.58. The molecule has 0 saturated carbocycles. The third-order valence-corrected chi connectivity index (χ3v) is 3.85. The van der Waals surface area contributed by atoms with Crippen molar-refractivity contribution in [3.05, 3.63) is 41.8 Å². The summed E-state index contributed by atoms with van der Waals surface area (Å²) in [5, 5.41) is 3.43. The Morgan fingerprint density at radius 1 is 1.23 bits per heavy atom. The summed E-state index contributed by atoms with van der Waals surface area (Å²) < 4.78 is 5.58. The predicted molar refractivity (Wildman–Crippen MR) is 90.8 cm³/mol. The second kappa shape index (κ2) is 8.71. The summed E-state index contributed by atoms with van der Waals surface area (Å²) in [5.41, 5.74) is 3.21. The Kier molecular flexibility index (Phi) is 6.62. The zero-order chi connectivity index (χ0) is 15.8. The van der Waals surface area contributed by atoms with E-state index < -0.39 is 0 Å². The van der Waals surface area contributed by atoms with Gasteiger partial charge < -0.3 is 14.6 Å². The minimum Gasteiger partial charge on any atom is -0.444 e. The summed E-state index contributed by atoms with van der Waals surface area (Å²) in [7, 11) is 0. The van der Waals surface area contributed by atoms with Gasteiger partial charge in [-0.25, -0.2) is 4.98 Å². The molecule has 2 rings (SSSR count). The van der Waals surface area contributed by atoms with E-state index in [-0.39, 0.29) is 0 Å². The molecule has 0 fully saturated rings. The molecule has 1 heterocycles. The number of nitrogens with zero attached hydrogens (tertiary/aromatic N) is 2. The zero-order valence-electron chi connectivity index (χ0n) is 13.9. The molecule has 0 aliphatic heterocycles. The summed E-state index contributed by atoms with van der Waals surface area (Å²) in [5.74, 6) is 0.698. The van der Waals surface area contributed by atoms with Gasteiger partial charge in [-0.3, -0.25) is 0 Å². The molecule has 0 aliphatic carbocycles. The Bertz CT molecular complexity index is 561. The number of benzene rings is 1. The Hall–Kier alpha value is -1.65. The molecule has 120 valence electrons. The van der Waals surface area contributed by atoms with Crippen LogP contribution in [-0.4, -0.2) is 36.1 Å². The molecule has 0 saturated heterocycles. The molecule has 0 bridgehead atoms. The second-order valence-electron chi connectivity index (χ2n) is 5.57. The summed E-state index contributed by atoms with van der Waals surface area (Å²) >= 11 is 0. The first-order chi connectivity index (χ1) is 10.7. The molecular formula is C18H27N3O. The third kappa shape index (κ3) is 4.97. The highest BCUT2D eigenvalue weighted by molar-refractivity contribution is 5.54. The van der Waals surface area contributed by atoms with Gasteiger partial charge in [0.05, 0.1) is 5.69 Å². The minimum absolute atomic E-state index is 0.698. The van der Waals surface area contributed by atoms with Gasteiger partial charge in [0, 0.05) is 12.1 Å². The zero-order valence-corrected chi connectivity index (χ0v) is 13.9. The fourth-order valence-electron chi connectivity index (χ4n) is 2.48. The lowest BCUT2D eigenvalue weighted by atomic mass is 10.1. The van der Waals surface area contributed by atoms with Gasteiger partial charge in [-0.2, -0.15) is 0 Å². The van der Waals surface area contributed by atoms with Crippen LogP contribution in [0.2, 0.25) is 0 Å². The molecule has 4 heteroatoms. The largest absolute Gasteiger partial charge is 0.444 e. The van der Waals surface area contributed by atoms with Gasteiger partial charge in [-0.1, -0.05) is 31.5 Å². The van der Waals surface area contributed by atoms with Crippen LogP contribution in [0.4, 0.5) is 0 Å². The van der Waals surface area contributed by atoms with Crippen molar-refractivity contribution in [2.45, 2.75) is 33.7 Å². The highest BCUT2D eigenvalue weighted by Gasteiger charge is 2.06. The van der Waals surface area contributed by atoms with Gasteiger partial charge in [0.2, 0.25) is 5.89 Å². The van der Waals surface area contributed by atoms with E-state index in [1.807, 2.05) is 12.1 Å². The Morgan fingerprint density at radius 2 is 2.05 bits per heavy atom. The molecule has 0 radical (unpaired) electrons. The van der Waals surface area contributed by atoms with E-state index in [0.29, 0.717) is 5.89 Å². The molecule has 2 aromatic rings. The number of aryl methyl sites for hydroxylation is 1. The molecule has 22 heavy (non-hydrogen) atoms. The van der Waals surface area contributed by atoms with Gasteiger partial charge in [-0.15, -0.1) is 0 Å². The maximum Gasteiger partial charge on any atom is 0.226 e. The van der Waals surface area contributed by atoms with Crippen molar-refractivity contribution in [3.8, 4) is 11.5 Å². The smallest absolute Gasteiger partial charge is 0.226 e. The monoisotopic (exact) mass is 301 g/mol. The average Bonchev–Trinajstić information content (AvgIpc) is 3.00. The SMILES string of the molecule is CCN(CC)CCCNCc1coc(-c2cccc(C)c2)n1. The topological polar surface area (TPSA) is 41.3 Å². The van der Waals surface area contributed by atoms with E-state index >= 15 is 0 Å². The number of aromatic nitrogens is 1. The second-order valence-corrected chi connectivity index (χ2v) is 5.57. The quantitative estimate of drug-likeness (QED) is 0.720. The Balaban J connectivity index is 1.76. The van der Waals surface area contributed by atoms with Crippen molar-refractivity contribution in [2.75, 3.05) is 26.2 Å². The van der Waals surface area contributed by atoms with Crippen molar-refractivity contribution >= 4 is 0 Å². The van der Waals surface area contributed by atoms with Crippen LogP contribution in [-0.2, 0) is 6.54 Å². The minimum atomic E-state index is 0.698.